The number of amides is 1. The van der Waals surface area contributed by atoms with Crippen LogP contribution in [0.3, 0.4) is 0 Å². The molecule has 0 saturated carbocycles. The van der Waals surface area contributed by atoms with Gasteiger partial charge in [0.05, 0.1) is 25.1 Å². The minimum Gasteiger partial charge on any atom is -0.378 e. The Bertz CT molecular complexity index is 491. The van der Waals surface area contributed by atoms with Crippen LogP contribution in [0.5, 0.6) is 0 Å². The average Bonchev–Trinajstić information content (AvgIpc) is 2.62. The monoisotopic (exact) mass is 304 g/mol. The molecule has 0 aliphatic carbocycles. The summed E-state index contributed by atoms with van der Waals surface area (Å²) in [4.78, 5) is 23.4. The van der Waals surface area contributed by atoms with Crippen molar-refractivity contribution in [2.45, 2.75) is 6.92 Å². The number of nitrogens with zero attached hydrogens (tertiary/aromatic N) is 4. The van der Waals surface area contributed by atoms with Gasteiger partial charge >= 0.3 is 0 Å². The zero-order valence-corrected chi connectivity index (χ0v) is 13.2. The first-order chi connectivity index (χ1) is 10.8. The van der Waals surface area contributed by atoms with E-state index in [-0.39, 0.29) is 5.91 Å². The van der Waals surface area contributed by atoms with Gasteiger partial charge in [0.25, 0.3) is 5.91 Å². The predicted molar refractivity (Wildman–Crippen MR) is 85.3 cm³/mol. The van der Waals surface area contributed by atoms with E-state index in [1.165, 1.54) is 0 Å². The maximum atomic E-state index is 12.5. The Labute approximate surface area is 131 Å². The van der Waals surface area contributed by atoms with Crippen molar-refractivity contribution in [3.63, 3.8) is 0 Å². The zero-order valence-electron chi connectivity index (χ0n) is 13.2. The lowest BCUT2D eigenvalue weighted by molar-refractivity contribution is 0.0637. The summed E-state index contributed by atoms with van der Waals surface area (Å²) < 4.78 is 5.35. The van der Waals surface area contributed by atoms with Crippen LogP contribution in [0.25, 0.3) is 0 Å². The number of hydrogen-bond donors (Lipinski definition) is 0. The van der Waals surface area contributed by atoms with Gasteiger partial charge in [-0.3, -0.25) is 4.79 Å². The molecule has 1 amide bonds. The van der Waals surface area contributed by atoms with E-state index in [9.17, 15) is 4.79 Å². The van der Waals surface area contributed by atoms with Crippen molar-refractivity contribution in [1.29, 1.82) is 0 Å². The Morgan fingerprint density at radius 2 is 1.86 bits per heavy atom. The third-order valence-corrected chi connectivity index (χ3v) is 4.45. The minimum absolute atomic E-state index is 0.0456. The van der Waals surface area contributed by atoms with Crippen LogP contribution in [-0.4, -0.2) is 79.7 Å². The third kappa shape index (κ3) is 3.39. The number of piperazine rings is 1. The van der Waals surface area contributed by atoms with Crippen molar-refractivity contribution in [3.8, 4) is 0 Å². The molecule has 3 rings (SSSR count). The summed E-state index contributed by atoms with van der Waals surface area (Å²) in [6.07, 6.45) is 1.81. The molecule has 120 valence electrons. The molecule has 2 aliphatic heterocycles. The van der Waals surface area contributed by atoms with Crippen molar-refractivity contribution in [3.05, 3.63) is 24.0 Å². The van der Waals surface area contributed by atoms with Crippen molar-refractivity contribution in [1.82, 2.24) is 14.8 Å². The van der Waals surface area contributed by atoms with E-state index in [0.717, 1.165) is 64.7 Å². The van der Waals surface area contributed by atoms with Crippen LogP contribution in [0.2, 0.25) is 0 Å². The largest absolute Gasteiger partial charge is 0.378 e. The number of aromatic nitrogens is 1. The van der Waals surface area contributed by atoms with Gasteiger partial charge in [-0.15, -0.1) is 0 Å². The molecule has 2 aliphatic rings. The van der Waals surface area contributed by atoms with Crippen LogP contribution in [0.4, 0.5) is 5.69 Å². The molecule has 6 heteroatoms. The van der Waals surface area contributed by atoms with Crippen LogP contribution in [0, 0.1) is 0 Å². The minimum atomic E-state index is 0.0456. The van der Waals surface area contributed by atoms with E-state index in [2.05, 4.69) is 21.7 Å². The van der Waals surface area contributed by atoms with Gasteiger partial charge in [0, 0.05) is 39.3 Å². The quantitative estimate of drug-likeness (QED) is 0.822. The summed E-state index contributed by atoms with van der Waals surface area (Å²) in [6.45, 7) is 9.96. The number of ether oxygens (including phenoxy) is 1. The van der Waals surface area contributed by atoms with Gasteiger partial charge in [0.2, 0.25) is 0 Å². The molecule has 0 bridgehead atoms. The molecule has 1 aromatic heterocycles. The first kappa shape index (κ1) is 15.2. The molecule has 3 heterocycles. The topological polar surface area (TPSA) is 48.9 Å². The maximum Gasteiger partial charge on any atom is 0.272 e. The van der Waals surface area contributed by atoms with Gasteiger partial charge < -0.3 is 19.4 Å². The fraction of sp³-hybridized carbons (Fsp3) is 0.625. The summed E-state index contributed by atoms with van der Waals surface area (Å²) in [5, 5.41) is 0. The molecule has 2 fully saturated rings. The molecule has 0 spiro atoms. The average molecular weight is 304 g/mol. The summed E-state index contributed by atoms with van der Waals surface area (Å²) in [5.41, 5.74) is 1.61. The number of morpholine rings is 1. The first-order valence-electron chi connectivity index (χ1n) is 8.08. The fourth-order valence-corrected chi connectivity index (χ4v) is 2.95. The number of rotatable bonds is 3. The lowest BCUT2D eigenvalue weighted by atomic mass is 10.2. The Balaban J connectivity index is 1.61. The number of pyridine rings is 1. The highest BCUT2D eigenvalue weighted by Gasteiger charge is 2.22. The molecule has 1 aromatic rings. The van der Waals surface area contributed by atoms with Crippen LogP contribution in [0.1, 0.15) is 17.4 Å². The van der Waals surface area contributed by atoms with Crippen molar-refractivity contribution < 1.29 is 9.53 Å². The van der Waals surface area contributed by atoms with Crippen molar-refractivity contribution in [2.24, 2.45) is 0 Å². The number of anilines is 1. The number of hydrogen-bond acceptors (Lipinski definition) is 5. The summed E-state index contributed by atoms with van der Waals surface area (Å²) in [6, 6.07) is 3.84. The molecule has 0 radical (unpaired) electrons. The Morgan fingerprint density at radius 3 is 2.45 bits per heavy atom. The normalized spacial score (nSPS) is 20.2. The summed E-state index contributed by atoms with van der Waals surface area (Å²) in [5.74, 6) is 0.0456. The van der Waals surface area contributed by atoms with E-state index in [0.29, 0.717) is 5.69 Å². The van der Waals surface area contributed by atoms with E-state index in [1.807, 2.05) is 17.0 Å². The molecule has 0 N–H and O–H groups in total. The van der Waals surface area contributed by atoms with Crippen molar-refractivity contribution >= 4 is 11.6 Å². The molecule has 0 aromatic carbocycles. The van der Waals surface area contributed by atoms with Gasteiger partial charge in [-0.2, -0.15) is 0 Å². The summed E-state index contributed by atoms with van der Waals surface area (Å²) in [7, 11) is 0. The van der Waals surface area contributed by atoms with E-state index in [1.54, 1.807) is 6.20 Å². The molecular weight excluding hydrogens is 280 g/mol. The Kier molecular flexibility index (Phi) is 4.90. The number of carbonyl (C=O) groups is 1. The Morgan fingerprint density at radius 1 is 1.14 bits per heavy atom. The lowest BCUT2D eigenvalue weighted by Crippen LogP contribution is -2.48. The highest BCUT2D eigenvalue weighted by atomic mass is 16.5. The van der Waals surface area contributed by atoms with Gasteiger partial charge in [0.1, 0.15) is 5.69 Å². The van der Waals surface area contributed by atoms with E-state index >= 15 is 0 Å². The molecule has 0 unspecified atom stereocenters. The third-order valence-electron chi connectivity index (χ3n) is 4.45. The second-order valence-corrected chi connectivity index (χ2v) is 5.73. The number of carbonyl (C=O) groups excluding carboxylic acids is 1. The highest BCUT2D eigenvalue weighted by molar-refractivity contribution is 5.92. The fourth-order valence-electron chi connectivity index (χ4n) is 2.95. The predicted octanol–water partition coefficient (Wildman–Crippen LogP) is 0.696. The molecule has 2 saturated heterocycles. The second kappa shape index (κ2) is 7.07. The van der Waals surface area contributed by atoms with Crippen LogP contribution >= 0.6 is 0 Å². The molecule has 6 nitrogen and oxygen atoms in total. The SMILES string of the molecule is CCN1CCN(C(=O)c2ccc(N3CCOCC3)cn2)CC1. The van der Waals surface area contributed by atoms with Gasteiger partial charge in [-0.25, -0.2) is 4.98 Å². The standard InChI is InChI=1S/C16H24N4O2/c1-2-18-5-7-20(8-6-18)16(21)15-4-3-14(13-17-15)19-9-11-22-12-10-19/h3-4,13H,2,5-12H2,1H3. The molecule has 22 heavy (non-hydrogen) atoms. The Hall–Kier alpha value is -1.66. The first-order valence-corrected chi connectivity index (χ1v) is 8.08. The van der Waals surface area contributed by atoms with Crippen LogP contribution in [-0.2, 0) is 4.74 Å². The molecule has 0 atom stereocenters. The number of likely N-dealkylation sites (N-methyl/N-ethyl adjacent to an activating group) is 1. The van der Waals surface area contributed by atoms with Crippen LogP contribution < -0.4 is 4.90 Å². The van der Waals surface area contributed by atoms with Gasteiger partial charge in [-0.05, 0) is 18.7 Å². The highest BCUT2D eigenvalue weighted by Crippen LogP contribution is 2.16. The van der Waals surface area contributed by atoms with Gasteiger partial charge in [-0.1, -0.05) is 6.92 Å². The summed E-state index contributed by atoms with van der Waals surface area (Å²) >= 11 is 0. The smallest absolute Gasteiger partial charge is 0.272 e. The molecular formula is C16H24N4O2. The maximum absolute atomic E-state index is 12.5. The van der Waals surface area contributed by atoms with Crippen LogP contribution in [0.15, 0.2) is 18.3 Å². The van der Waals surface area contributed by atoms with Gasteiger partial charge in [0.15, 0.2) is 0 Å². The van der Waals surface area contributed by atoms with Crippen molar-refractivity contribution in [2.75, 3.05) is 63.9 Å². The second-order valence-electron chi connectivity index (χ2n) is 5.73. The zero-order chi connectivity index (χ0) is 15.4. The van der Waals surface area contributed by atoms with E-state index in [4.69, 9.17) is 4.74 Å². The van der Waals surface area contributed by atoms with E-state index < -0.39 is 0 Å². The lowest BCUT2D eigenvalue weighted by Gasteiger charge is -2.34.